The number of hydrogen-bond donors (Lipinski definition) is 0. The highest BCUT2D eigenvalue weighted by atomic mass is 32.1. The van der Waals surface area contributed by atoms with E-state index in [1.807, 2.05) is 18.2 Å². The molecule has 3 nitrogen and oxygen atoms in total. The second kappa shape index (κ2) is 10.6. The van der Waals surface area contributed by atoms with Gasteiger partial charge in [0.2, 0.25) is 0 Å². The van der Waals surface area contributed by atoms with Crippen LogP contribution >= 0.6 is 11.3 Å². The van der Waals surface area contributed by atoms with Crippen molar-refractivity contribution in [2.75, 3.05) is 40.0 Å². The van der Waals surface area contributed by atoms with Crippen molar-refractivity contribution in [3.8, 4) is 16.9 Å². The first-order chi connectivity index (χ1) is 13.7. The first-order valence-corrected chi connectivity index (χ1v) is 10.7. The monoisotopic (exact) mass is 401 g/mol. The van der Waals surface area contributed by atoms with Gasteiger partial charge < -0.3 is 14.4 Å². The number of thiophene rings is 1. The topological polar surface area (TPSA) is 21.7 Å². The Balaban J connectivity index is 1.52. The highest BCUT2D eigenvalue weighted by Crippen LogP contribution is 2.36. The summed E-state index contributed by atoms with van der Waals surface area (Å²) in [7, 11) is 1.74. The Kier molecular flexibility index (Phi) is 7.83. The summed E-state index contributed by atoms with van der Waals surface area (Å²) in [6.45, 7) is 6.81. The lowest BCUT2D eigenvalue weighted by Crippen LogP contribution is -2.28. The summed E-state index contributed by atoms with van der Waals surface area (Å²) in [5, 5.41) is 3.31. The molecule has 1 heterocycles. The van der Waals surface area contributed by atoms with Crippen molar-refractivity contribution in [3.05, 3.63) is 53.7 Å². The largest absolute Gasteiger partial charge is 0.494 e. The summed E-state index contributed by atoms with van der Waals surface area (Å²) in [5.41, 5.74) is 2.18. The second-order valence-corrected chi connectivity index (χ2v) is 7.71. The van der Waals surface area contributed by atoms with Gasteiger partial charge in [0.1, 0.15) is 11.6 Å². The quantitative estimate of drug-likeness (QED) is 0.377. The summed E-state index contributed by atoms with van der Waals surface area (Å²) in [5.74, 6) is 0.700. The average molecular weight is 402 g/mol. The van der Waals surface area contributed by atoms with Crippen LogP contribution in [0.25, 0.3) is 21.2 Å². The maximum Gasteiger partial charge on any atom is 0.123 e. The SMILES string of the molecule is CCN(CCCCOc1ccc2c(-c3ccc(F)cc3)csc2c1)CCOC. The van der Waals surface area contributed by atoms with E-state index in [1.54, 1.807) is 18.4 Å². The lowest BCUT2D eigenvalue weighted by atomic mass is 10.0. The van der Waals surface area contributed by atoms with Crippen LogP contribution in [0.5, 0.6) is 5.75 Å². The minimum Gasteiger partial charge on any atom is -0.494 e. The van der Waals surface area contributed by atoms with Gasteiger partial charge in [0.25, 0.3) is 0 Å². The number of nitrogens with zero attached hydrogens (tertiary/aromatic N) is 1. The predicted octanol–water partition coefficient (Wildman–Crippen LogP) is 5.83. The lowest BCUT2D eigenvalue weighted by molar-refractivity contribution is 0.148. The van der Waals surface area contributed by atoms with E-state index in [0.29, 0.717) is 0 Å². The molecule has 150 valence electrons. The second-order valence-electron chi connectivity index (χ2n) is 6.80. The molecule has 1 aromatic heterocycles. The Morgan fingerprint density at radius 2 is 1.82 bits per heavy atom. The van der Waals surface area contributed by atoms with Crippen LogP contribution in [0.4, 0.5) is 4.39 Å². The van der Waals surface area contributed by atoms with Crippen LogP contribution in [0.15, 0.2) is 47.8 Å². The zero-order valence-corrected chi connectivity index (χ0v) is 17.4. The van der Waals surface area contributed by atoms with E-state index >= 15 is 0 Å². The van der Waals surface area contributed by atoms with Gasteiger partial charge in [-0.05, 0) is 67.2 Å². The highest BCUT2D eigenvalue weighted by Gasteiger charge is 2.08. The number of fused-ring (bicyclic) bond motifs is 1. The minimum atomic E-state index is -0.209. The molecule has 0 spiro atoms. The molecule has 5 heteroatoms. The Bertz CT molecular complexity index is 863. The number of rotatable bonds is 11. The van der Waals surface area contributed by atoms with E-state index in [4.69, 9.17) is 9.47 Å². The first kappa shape index (κ1) is 20.8. The molecule has 0 fully saturated rings. The normalized spacial score (nSPS) is 11.4. The van der Waals surface area contributed by atoms with Crippen molar-refractivity contribution in [2.24, 2.45) is 0 Å². The van der Waals surface area contributed by atoms with E-state index in [1.165, 1.54) is 22.2 Å². The van der Waals surface area contributed by atoms with Gasteiger partial charge in [-0.1, -0.05) is 19.1 Å². The van der Waals surface area contributed by atoms with Crippen molar-refractivity contribution in [2.45, 2.75) is 19.8 Å². The number of likely N-dealkylation sites (N-methyl/N-ethyl adjacent to an activating group) is 1. The average Bonchev–Trinajstić information content (AvgIpc) is 3.14. The van der Waals surface area contributed by atoms with Crippen LogP contribution in [-0.4, -0.2) is 44.9 Å². The van der Waals surface area contributed by atoms with Gasteiger partial charge in [-0.25, -0.2) is 4.39 Å². The molecule has 0 amide bonds. The molecule has 0 aliphatic carbocycles. The van der Waals surface area contributed by atoms with Crippen LogP contribution in [-0.2, 0) is 4.74 Å². The number of methoxy groups -OCH3 is 1. The van der Waals surface area contributed by atoms with Gasteiger partial charge in [0.15, 0.2) is 0 Å². The number of hydrogen-bond acceptors (Lipinski definition) is 4. The lowest BCUT2D eigenvalue weighted by Gasteiger charge is -2.19. The molecule has 0 atom stereocenters. The fraction of sp³-hybridized carbons (Fsp3) is 0.391. The zero-order valence-electron chi connectivity index (χ0n) is 16.6. The van der Waals surface area contributed by atoms with Crippen LogP contribution in [0.3, 0.4) is 0 Å². The van der Waals surface area contributed by atoms with Gasteiger partial charge in [0, 0.05) is 29.3 Å². The standard InChI is InChI=1S/C23H28FNO2S/c1-3-25(13-15-26-2)12-4-5-14-27-20-10-11-21-22(17-28-23(21)16-20)18-6-8-19(24)9-7-18/h6-11,16-17H,3-5,12-15H2,1-2H3. The molecule has 3 rings (SSSR count). The van der Waals surface area contributed by atoms with Crippen LogP contribution in [0.2, 0.25) is 0 Å². The van der Waals surface area contributed by atoms with Gasteiger partial charge in [-0.15, -0.1) is 11.3 Å². The minimum absolute atomic E-state index is 0.209. The molecular formula is C23H28FNO2S. The van der Waals surface area contributed by atoms with Crippen LogP contribution in [0.1, 0.15) is 19.8 Å². The summed E-state index contributed by atoms with van der Waals surface area (Å²) in [6, 6.07) is 12.9. The fourth-order valence-corrected chi connectivity index (χ4v) is 4.22. The maximum absolute atomic E-state index is 13.2. The number of benzene rings is 2. The van der Waals surface area contributed by atoms with Gasteiger partial charge in [-0.2, -0.15) is 0 Å². The van der Waals surface area contributed by atoms with Crippen LogP contribution < -0.4 is 4.74 Å². The van der Waals surface area contributed by atoms with E-state index < -0.39 is 0 Å². The molecule has 0 bridgehead atoms. The van der Waals surface area contributed by atoms with Crippen molar-refractivity contribution >= 4 is 21.4 Å². The Hall–Kier alpha value is -1.95. The van der Waals surface area contributed by atoms with E-state index in [-0.39, 0.29) is 5.82 Å². The predicted molar refractivity (Wildman–Crippen MR) is 116 cm³/mol. The highest BCUT2D eigenvalue weighted by molar-refractivity contribution is 7.17. The Labute approximate surface area is 170 Å². The van der Waals surface area contributed by atoms with Crippen molar-refractivity contribution in [1.29, 1.82) is 0 Å². The molecule has 28 heavy (non-hydrogen) atoms. The molecule has 0 aliphatic rings. The summed E-state index contributed by atoms with van der Waals surface area (Å²) < 4.78 is 25.5. The van der Waals surface area contributed by atoms with Crippen molar-refractivity contribution < 1.29 is 13.9 Å². The number of unbranched alkanes of at least 4 members (excludes halogenated alkanes) is 1. The summed E-state index contributed by atoms with van der Waals surface area (Å²) in [6.07, 6.45) is 2.15. The van der Waals surface area contributed by atoms with E-state index in [9.17, 15) is 4.39 Å². The molecule has 0 N–H and O–H groups in total. The fourth-order valence-electron chi connectivity index (χ4n) is 3.23. The smallest absolute Gasteiger partial charge is 0.123 e. The first-order valence-electron chi connectivity index (χ1n) is 9.82. The summed E-state index contributed by atoms with van der Waals surface area (Å²) >= 11 is 1.69. The van der Waals surface area contributed by atoms with Crippen molar-refractivity contribution in [3.63, 3.8) is 0 Å². The van der Waals surface area contributed by atoms with E-state index in [2.05, 4.69) is 29.3 Å². The third-order valence-electron chi connectivity index (χ3n) is 4.90. The van der Waals surface area contributed by atoms with Gasteiger partial charge in [-0.3, -0.25) is 0 Å². The number of ether oxygens (including phenoxy) is 2. The van der Waals surface area contributed by atoms with Gasteiger partial charge >= 0.3 is 0 Å². The third-order valence-corrected chi connectivity index (χ3v) is 5.84. The molecule has 0 radical (unpaired) electrons. The molecule has 0 saturated heterocycles. The molecule has 3 aromatic rings. The third kappa shape index (κ3) is 5.53. The van der Waals surface area contributed by atoms with Crippen LogP contribution in [0, 0.1) is 5.82 Å². The Morgan fingerprint density at radius 1 is 1.00 bits per heavy atom. The summed E-state index contributed by atoms with van der Waals surface area (Å²) in [4.78, 5) is 2.40. The molecule has 2 aromatic carbocycles. The van der Waals surface area contributed by atoms with Gasteiger partial charge in [0.05, 0.1) is 13.2 Å². The van der Waals surface area contributed by atoms with Crippen molar-refractivity contribution in [1.82, 2.24) is 4.90 Å². The molecule has 0 saturated carbocycles. The zero-order chi connectivity index (χ0) is 19.8. The Morgan fingerprint density at radius 3 is 2.57 bits per heavy atom. The molecule has 0 aliphatic heterocycles. The maximum atomic E-state index is 13.2. The number of halogens is 1. The van der Waals surface area contributed by atoms with E-state index in [0.717, 1.165) is 62.6 Å². The molecule has 0 unspecified atom stereocenters. The molecular weight excluding hydrogens is 373 g/mol.